The molecular weight excluding hydrogens is 272 g/mol. The van der Waals surface area contributed by atoms with Crippen molar-refractivity contribution >= 4 is 37.6 Å². The molecule has 0 aromatic rings. The highest BCUT2D eigenvalue weighted by atomic mass is 79.9. The van der Waals surface area contributed by atoms with Crippen molar-refractivity contribution in [2.75, 3.05) is 0 Å². The maximum absolute atomic E-state index is 11.4. The van der Waals surface area contributed by atoms with Crippen LogP contribution in [0.1, 0.15) is 6.42 Å². The van der Waals surface area contributed by atoms with Crippen molar-refractivity contribution in [1.82, 2.24) is 0 Å². The molecule has 0 N–H and O–H groups in total. The van der Waals surface area contributed by atoms with E-state index in [9.17, 15) is 4.79 Å². The van der Waals surface area contributed by atoms with Crippen LogP contribution in [0, 0.1) is 11.8 Å². The number of carbonyl (C=O) groups excluding carboxylic acids is 1. The molecule has 3 heteroatoms. The molecule has 0 radical (unpaired) electrons. The van der Waals surface area contributed by atoms with Gasteiger partial charge in [-0.1, -0.05) is 28.1 Å². The second kappa shape index (κ2) is 2.56. The molecule has 2 aliphatic carbocycles. The summed E-state index contributed by atoms with van der Waals surface area (Å²) in [5.74, 6) is 0.782. The predicted molar refractivity (Wildman–Crippen MR) is 50.6 cm³/mol. The van der Waals surface area contributed by atoms with Gasteiger partial charge in [0.2, 0.25) is 0 Å². The molecular formula is C8H6Br2O. The minimum absolute atomic E-state index is 0.135. The number of fused-ring (bicyclic) bond motifs is 2. The normalized spacial score (nSPS) is 35.3. The van der Waals surface area contributed by atoms with Gasteiger partial charge in [0, 0.05) is 16.3 Å². The number of Topliss-reactive ketones (excluding diaryl/α,β-unsaturated/α-hetero) is 1. The Hall–Kier alpha value is 0.110. The number of hydrogen-bond acceptors (Lipinski definition) is 1. The molecule has 0 aromatic carbocycles. The molecule has 0 amide bonds. The fourth-order valence-corrected chi connectivity index (χ4v) is 2.65. The van der Waals surface area contributed by atoms with Crippen LogP contribution < -0.4 is 0 Å². The number of carbonyl (C=O) groups is 1. The Morgan fingerprint density at radius 2 is 1.91 bits per heavy atom. The van der Waals surface area contributed by atoms with Crippen LogP contribution in [0.4, 0.5) is 0 Å². The van der Waals surface area contributed by atoms with Crippen LogP contribution in [0.5, 0.6) is 0 Å². The lowest BCUT2D eigenvalue weighted by Crippen LogP contribution is -2.17. The van der Waals surface area contributed by atoms with E-state index in [1.54, 1.807) is 0 Å². The molecule has 0 saturated heterocycles. The first-order valence-corrected chi connectivity index (χ1v) is 5.06. The third-order valence-electron chi connectivity index (χ3n) is 2.17. The van der Waals surface area contributed by atoms with Crippen molar-refractivity contribution < 1.29 is 4.79 Å². The topological polar surface area (TPSA) is 17.1 Å². The van der Waals surface area contributed by atoms with Crippen molar-refractivity contribution in [3.63, 3.8) is 0 Å². The zero-order valence-electron chi connectivity index (χ0n) is 5.68. The molecule has 2 rings (SSSR count). The lowest BCUT2D eigenvalue weighted by atomic mass is 9.93. The summed E-state index contributed by atoms with van der Waals surface area (Å²) >= 11 is 6.69. The van der Waals surface area contributed by atoms with Crippen LogP contribution >= 0.6 is 31.9 Å². The molecule has 0 heterocycles. The van der Waals surface area contributed by atoms with Gasteiger partial charge in [-0.2, -0.15) is 0 Å². The number of hydrogen-bond donors (Lipinski definition) is 0. The molecule has 0 fully saturated rings. The number of ketones is 1. The van der Waals surface area contributed by atoms with Gasteiger partial charge in [0.05, 0.1) is 4.48 Å². The summed E-state index contributed by atoms with van der Waals surface area (Å²) in [4.78, 5) is 11.4. The Bertz CT molecular complexity index is 278. The van der Waals surface area contributed by atoms with E-state index in [4.69, 9.17) is 0 Å². The minimum atomic E-state index is 0.135. The highest BCUT2D eigenvalue weighted by Crippen LogP contribution is 2.42. The smallest absolute Gasteiger partial charge is 0.177 e. The molecule has 0 spiro atoms. The quantitative estimate of drug-likeness (QED) is 0.623. The van der Waals surface area contributed by atoms with Crippen LogP contribution in [0.3, 0.4) is 0 Å². The van der Waals surface area contributed by atoms with E-state index in [0.717, 1.165) is 15.4 Å². The van der Waals surface area contributed by atoms with Crippen LogP contribution in [-0.2, 0) is 4.79 Å². The fourth-order valence-electron chi connectivity index (χ4n) is 1.52. The molecule has 2 bridgehead atoms. The highest BCUT2D eigenvalue weighted by molar-refractivity contribution is 9.14. The predicted octanol–water partition coefficient (Wildman–Crippen LogP) is 2.76. The number of halogens is 2. The van der Waals surface area contributed by atoms with Gasteiger partial charge in [0.15, 0.2) is 5.78 Å². The van der Waals surface area contributed by atoms with E-state index >= 15 is 0 Å². The lowest BCUT2D eigenvalue weighted by Gasteiger charge is -2.18. The molecule has 2 aliphatic rings. The summed E-state index contributed by atoms with van der Waals surface area (Å²) in [6.07, 6.45) is 5.05. The second-order valence-corrected chi connectivity index (χ2v) is 4.51. The van der Waals surface area contributed by atoms with E-state index in [1.165, 1.54) is 0 Å². The molecule has 0 aromatic heterocycles. The van der Waals surface area contributed by atoms with Gasteiger partial charge in [-0.25, -0.2) is 0 Å². The molecule has 0 unspecified atom stereocenters. The first-order valence-electron chi connectivity index (χ1n) is 3.48. The summed E-state index contributed by atoms with van der Waals surface area (Å²) < 4.78 is 1.73. The fraction of sp³-hybridized carbons (Fsp3) is 0.375. The summed E-state index contributed by atoms with van der Waals surface area (Å²) in [5, 5.41) is 0. The molecule has 58 valence electrons. The van der Waals surface area contributed by atoms with Crippen molar-refractivity contribution in [2.45, 2.75) is 6.42 Å². The summed E-state index contributed by atoms with van der Waals surface area (Å²) in [5.41, 5.74) is 0. The number of rotatable bonds is 0. The van der Waals surface area contributed by atoms with Gasteiger partial charge in [0.1, 0.15) is 0 Å². The van der Waals surface area contributed by atoms with E-state index in [-0.39, 0.29) is 11.7 Å². The zero-order valence-corrected chi connectivity index (χ0v) is 8.85. The third-order valence-corrected chi connectivity index (χ3v) is 4.51. The van der Waals surface area contributed by atoms with Crippen LogP contribution in [-0.4, -0.2) is 5.78 Å². The van der Waals surface area contributed by atoms with Gasteiger partial charge in [-0.05, 0) is 22.4 Å². The van der Waals surface area contributed by atoms with Gasteiger partial charge < -0.3 is 0 Å². The van der Waals surface area contributed by atoms with Gasteiger partial charge in [-0.3, -0.25) is 4.79 Å². The van der Waals surface area contributed by atoms with Crippen LogP contribution in [0.2, 0.25) is 0 Å². The van der Waals surface area contributed by atoms with Crippen molar-refractivity contribution in [2.24, 2.45) is 11.8 Å². The van der Waals surface area contributed by atoms with Crippen molar-refractivity contribution in [1.29, 1.82) is 0 Å². The Balaban J connectivity index is 2.49. The van der Waals surface area contributed by atoms with Gasteiger partial charge >= 0.3 is 0 Å². The van der Waals surface area contributed by atoms with Crippen molar-refractivity contribution in [3.8, 4) is 0 Å². The van der Waals surface area contributed by atoms with Crippen LogP contribution in [0.15, 0.2) is 21.1 Å². The van der Waals surface area contributed by atoms with Gasteiger partial charge in [-0.15, -0.1) is 0 Å². The van der Waals surface area contributed by atoms with Crippen LogP contribution in [0.25, 0.3) is 0 Å². The third kappa shape index (κ3) is 1.05. The highest BCUT2D eigenvalue weighted by Gasteiger charge is 2.34. The first-order chi connectivity index (χ1) is 5.20. The minimum Gasteiger partial charge on any atom is -0.293 e. The largest absolute Gasteiger partial charge is 0.293 e. The Kier molecular flexibility index (Phi) is 1.80. The molecule has 0 aliphatic heterocycles. The first kappa shape index (κ1) is 7.74. The average Bonchev–Trinajstić information content (AvgIpc) is 2.44. The summed E-state index contributed by atoms with van der Waals surface area (Å²) in [7, 11) is 0. The summed E-state index contributed by atoms with van der Waals surface area (Å²) in [6, 6.07) is 0. The number of allylic oxidation sites excluding steroid dienone is 4. The SMILES string of the molecule is O=C1C(Br)=C(Br)[C@H]2C=C[C@@H]1C2. The molecule has 1 nitrogen and oxygen atoms in total. The zero-order chi connectivity index (χ0) is 8.01. The molecule has 11 heavy (non-hydrogen) atoms. The lowest BCUT2D eigenvalue weighted by molar-refractivity contribution is -0.117. The van der Waals surface area contributed by atoms with Crippen molar-refractivity contribution in [3.05, 3.63) is 21.1 Å². The van der Waals surface area contributed by atoms with E-state index < -0.39 is 0 Å². The van der Waals surface area contributed by atoms with E-state index in [1.807, 2.05) is 6.08 Å². The molecule has 0 saturated carbocycles. The Morgan fingerprint density at radius 3 is 2.64 bits per heavy atom. The second-order valence-electron chi connectivity index (χ2n) is 2.86. The monoisotopic (exact) mass is 276 g/mol. The van der Waals surface area contributed by atoms with E-state index in [0.29, 0.717) is 5.92 Å². The Morgan fingerprint density at radius 1 is 1.27 bits per heavy atom. The average molecular weight is 278 g/mol. The Labute approximate surface area is 81.8 Å². The standard InChI is InChI=1S/C8H6Br2O/c9-6-4-1-2-5(3-4)8(11)7(6)10/h1-2,4-5H,3H2/t4-,5+/m0/s1. The van der Waals surface area contributed by atoms with E-state index in [2.05, 4.69) is 37.9 Å². The maximum Gasteiger partial charge on any atom is 0.177 e. The van der Waals surface area contributed by atoms with Gasteiger partial charge in [0.25, 0.3) is 0 Å². The summed E-state index contributed by atoms with van der Waals surface area (Å²) in [6.45, 7) is 0. The maximum atomic E-state index is 11.4. The molecule has 2 atom stereocenters.